The normalized spacial score (nSPS) is 19.5. The molecule has 0 spiro atoms. The maximum Gasteiger partial charge on any atom is -0.0146 e. The van der Waals surface area contributed by atoms with Crippen LogP contribution >= 0.6 is 0 Å². The minimum absolute atomic E-state index is 0.793. The smallest absolute Gasteiger partial charge is 0.0146 e. The summed E-state index contributed by atoms with van der Waals surface area (Å²) in [7, 11) is 0. The number of hydrogen-bond acceptors (Lipinski definition) is 0. The van der Waals surface area contributed by atoms with Gasteiger partial charge in [0.15, 0.2) is 0 Å². The number of fused-ring (bicyclic) bond motifs is 4. The average molecular weight is 316 g/mol. The van der Waals surface area contributed by atoms with Crippen molar-refractivity contribution >= 4 is 16.3 Å². The molecule has 124 valence electrons. The van der Waals surface area contributed by atoms with Crippen LogP contribution in [0.1, 0.15) is 63.0 Å². The number of rotatable bonds is 5. The molecule has 0 heterocycles. The summed E-state index contributed by atoms with van der Waals surface area (Å²) in [5, 5.41) is 2.84. The second-order valence-electron chi connectivity index (χ2n) is 7.44. The lowest BCUT2D eigenvalue weighted by Crippen LogP contribution is -2.15. The fourth-order valence-electron chi connectivity index (χ4n) is 4.65. The Morgan fingerprint density at radius 1 is 0.958 bits per heavy atom. The highest BCUT2D eigenvalue weighted by atomic mass is 14.3. The molecule has 0 heteroatoms. The summed E-state index contributed by atoms with van der Waals surface area (Å²) in [4.78, 5) is 0. The molecule has 0 aliphatic heterocycles. The lowest BCUT2D eigenvalue weighted by atomic mass is 9.74. The number of allylic oxidation sites excluding steroid dienone is 4. The molecule has 0 radical (unpaired) electrons. The third-order valence-corrected chi connectivity index (χ3v) is 5.93. The molecule has 1 unspecified atom stereocenters. The van der Waals surface area contributed by atoms with Gasteiger partial charge in [0, 0.05) is 0 Å². The Labute approximate surface area is 146 Å². The van der Waals surface area contributed by atoms with Crippen molar-refractivity contribution in [3.63, 3.8) is 0 Å². The first-order chi connectivity index (χ1) is 11.9. The molecule has 2 aromatic rings. The summed E-state index contributed by atoms with van der Waals surface area (Å²) in [6.45, 7) is 2.30. The maximum absolute atomic E-state index is 2.42. The zero-order valence-corrected chi connectivity index (χ0v) is 14.9. The predicted octanol–water partition coefficient (Wildman–Crippen LogP) is 7.09. The van der Waals surface area contributed by atoms with Gasteiger partial charge in [0.1, 0.15) is 0 Å². The summed E-state index contributed by atoms with van der Waals surface area (Å²) < 4.78 is 0. The van der Waals surface area contributed by atoms with Gasteiger partial charge in [-0.1, -0.05) is 86.7 Å². The van der Waals surface area contributed by atoms with E-state index in [2.05, 4.69) is 55.5 Å². The van der Waals surface area contributed by atoms with Crippen molar-refractivity contribution in [1.82, 2.24) is 0 Å². The van der Waals surface area contributed by atoms with E-state index in [0.717, 1.165) is 5.92 Å². The van der Waals surface area contributed by atoms with Crippen LogP contribution in [0.4, 0.5) is 0 Å². The minimum Gasteiger partial charge on any atom is -0.0833 e. The summed E-state index contributed by atoms with van der Waals surface area (Å²) in [6, 6.07) is 13.6. The highest BCUT2D eigenvalue weighted by molar-refractivity contribution is 5.93. The first-order valence-electron chi connectivity index (χ1n) is 9.79. The van der Waals surface area contributed by atoms with Crippen LogP contribution in [0.5, 0.6) is 0 Å². The molecule has 0 amide bonds. The van der Waals surface area contributed by atoms with E-state index in [9.17, 15) is 0 Å². The van der Waals surface area contributed by atoms with Crippen LogP contribution in [0.2, 0.25) is 0 Å². The molecule has 0 saturated heterocycles. The van der Waals surface area contributed by atoms with E-state index in [4.69, 9.17) is 0 Å². The Morgan fingerprint density at radius 2 is 1.88 bits per heavy atom. The Kier molecular flexibility index (Phi) is 4.56. The molecule has 0 fully saturated rings. The van der Waals surface area contributed by atoms with Crippen LogP contribution in [-0.4, -0.2) is 0 Å². The van der Waals surface area contributed by atoms with Gasteiger partial charge >= 0.3 is 0 Å². The van der Waals surface area contributed by atoms with Gasteiger partial charge in [-0.25, -0.2) is 0 Å². The molecular weight excluding hydrogens is 288 g/mol. The summed E-state index contributed by atoms with van der Waals surface area (Å²) in [5.41, 5.74) is 6.37. The molecule has 2 aliphatic carbocycles. The second-order valence-corrected chi connectivity index (χ2v) is 7.44. The Bertz CT molecular complexity index is 791. The molecule has 2 aromatic carbocycles. The van der Waals surface area contributed by atoms with Gasteiger partial charge in [0.2, 0.25) is 0 Å². The van der Waals surface area contributed by atoms with Crippen LogP contribution < -0.4 is 0 Å². The van der Waals surface area contributed by atoms with Crippen LogP contribution in [0.15, 0.2) is 54.1 Å². The minimum atomic E-state index is 0.793. The predicted molar refractivity (Wildman–Crippen MR) is 105 cm³/mol. The standard InChI is InChI=1S/C24H28/c1-2-3-4-5-9-18-11-8-13-22-21(18)16-17-23-20-12-7-6-10-19(20)14-15-24(22)23/h6-8,10,12-15,18H,2-5,9,11,16-17H2,1H3. The monoisotopic (exact) mass is 316 g/mol. The molecule has 0 aromatic heterocycles. The van der Waals surface area contributed by atoms with Crippen molar-refractivity contribution < 1.29 is 0 Å². The quantitative estimate of drug-likeness (QED) is 0.517. The molecule has 0 bridgehead atoms. The van der Waals surface area contributed by atoms with Gasteiger partial charge in [-0.05, 0) is 59.1 Å². The van der Waals surface area contributed by atoms with Gasteiger partial charge in [-0.3, -0.25) is 0 Å². The Morgan fingerprint density at radius 3 is 2.79 bits per heavy atom. The number of unbranched alkanes of at least 4 members (excludes halogenated alkanes) is 3. The molecule has 24 heavy (non-hydrogen) atoms. The zero-order chi connectivity index (χ0) is 16.4. The summed E-state index contributed by atoms with van der Waals surface area (Å²) in [5.74, 6) is 0.793. The molecular formula is C24H28. The molecule has 4 rings (SSSR count). The summed E-state index contributed by atoms with van der Waals surface area (Å²) in [6.07, 6.45) is 15.5. The van der Waals surface area contributed by atoms with Crippen molar-refractivity contribution in [1.29, 1.82) is 0 Å². The van der Waals surface area contributed by atoms with E-state index in [1.165, 1.54) is 67.7 Å². The molecule has 0 nitrogen and oxygen atoms in total. The highest BCUT2D eigenvalue weighted by Gasteiger charge is 2.26. The van der Waals surface area contributed by atoms with Crippen LogP contribution in [0, 0.1) is 5.92 Å². The molecule has 2 aliphatic rings. The highest BCUT2D eigenvalue weighted by Crippen LogP contribution is 2.43. The van der Waals surface area contributed by atoms with Crippen molar-refractivity contribution in [2.45, 2.75) is 58.3 Å². The first-order valence-corrected chi connectivity index (χ1v) is 9.79. The number of aryl methyl sites for hydroxylation is 1. The van der Waals surface area contributed by atoms with Gasteiger partial charge in [-0.2, -0.15) is 0 Å². The SMILES string of the molecule is CCCCCCC1CC=CC2=C1CCc1c2ccc2ccccc12. The number of hydrogen-bond donors (Lipinski definition) is 0. The van der Waals surface area contributed by atoms with Gasteiger partial charge in [0.25, 0.3) is 0 Å². The molecule has 1 atom stereocenters. The maximum atomic E-state index is 2.42. The summed E-state index contributed by atoms with van der Waals surface area (Å²) >= 11 is 0. The van der Waals surface area contributed by atoms with Crippen LogP contribution in [-0.2, 0) is 6.42 Å². The second kappa shape index (κ2) is 6.97. The first kappa shape index (κ1) is 15.7. The molecule has 0 saturated carbocycles. The van der Waals surface area contributed by atoms with E-state index in [0.29, 0.717) is 0 Å². The Balaban J connectivity index is 1.66. The van der Waals surface area contributed by atoms with Crippen molar-refractivity contribution in [3.8, 4) is 0 Å². The van der Waals surface area contributed by atoms with Crippen molar-refractivity contribution in [2.24, 2.45) is 5.92 Å². The van der Waals surface area contributed by atoms with Gasteiger partial charge < -0.3 is 0 Å². The van der Waals surface area contributed by atoms with Gasteiger partial charge in [-0.15, -0.1) is 0 Å². The van der Waals surface area contributed by atoms with Crippen molar-refractivity contribution in [2.75, 3.05) is 0 Å². The van der Waals surface area contributed by atoms with E-state index < -0.39 is 0 Å². The molecule has 0 N–H and O–H groups in total. The number of benzene rings is 2. The van der Waals surface area contributed by atoms with Crippen molar-refractivity contribution in [3.05, 3.63) is 65.3 Å². The fourth-order valence-corrected chi connectivity index (χ4v) is 4.65. The Hall–Kier alpha value is -1.82. The van der Waals surface area contributed by atoms with E-state index in [1.54, 1.807) is 16.7 Å². The average Bonchev–Trinajstić information content (AvgIpc) is 2.64. The van der Waals surface area contributed by atoms with Crippen LogP contribution in [0.25, 0.3) is 16.3 Å². The lowest BCUT2D eigenvalue weighted by Gasteiger charge is -2.31. The largest absolute Gasteiger partial charge is 0.0833 e. The van der Waals surface area contributed by atoms with E-state index in [1.807, 2.05) is 0 Å². The van der Waals surface area contributed by atoms with Crippen LogP contribution in [0.3, 0.4) is 0 Å². The topological polar surface area (TPSA) is 0 Å². The third-order valence-electron chi connectivity index (χ3n) is 5.93. The van der Waals surface area contributed by atoms with Gasteiger partial charge in [0.05, 0.1) is 0 Å². The van der Waals surface area contributed by atoms with E-state index in [-0.39, 0.29) is 0 Å². The zero-order valence-electron chi connectivity index (χ0n) is 14.9. The van der Waals surface area contributed by atoms with E-state index >= 15 is 0 Å². The third kappa shape index (κ3) is 2.83. The lowest BCUT2D eigenvalue weighted by molar-refractivity contribution is 0.497. The fraction of sp³-hybridized carbons (Fsp3) is 0.417.